The van der Waals surface area contributed by atoms with Crippen molar-refractivity contribution in [3.63, 3.8) is 0 Å². The van der Waals surface area contributed by atoms with Gasteiger partial charge in [-0.25, -0.2) is 8.42 Å². The predicted octanol–water partition coefficient (Wildman–Crippen LogP) is 5.05. The number of aryl methyl sites for hydroxylation is 1. The molecule has 0 radical (unpaired) electrons. The number of hydrogen-bond donors (Lipinski definition) is 1. The molecule has 196 valence electrons. The lowest BCUT2D eigenvalue weighted by Gasteiger charge is -2.32. The lowest BCUT2D eigenvalue weighted by molar-refractivity contribution is -0.139. The van der Waals surface area contributed by atoms with E-state index in [1.807, 2.05) is 0 Å². The van der Waals surface area contributed by atoms with Gasteiger partial charge in [-0.3, -0.25) is 13.9 Å². The highest BCUT2D eigenvalue weighted by atomic mass is 35.5. The Hall–Kier alpha value is -3.07. The Kier molecular flexibility index (Phi) is 9.59. The minimum absolute atomic E-state index is 0.0288. The zero-order chi connectivity index (χ0) is 27.2. The molecule has 0 aromatic heterocycles. The van der Waals surface area contributed by atoms with Gasteiger partial charge in [0.15, 0.2) is 0 Å². The molecular formula is C27H29Cl2N3O4S. The second-order valence-electron chi connectivity index (χ2n) is 8.45. The summed E-state index contributed by atoms with van der Waals surface area (Å²) in [4.78, 5) is 27.9. The van der Waals surface area contributed by atoms with Gasteiger partial charge in [0.25, 0.3) is 10.0 Å². The van der Waals surface area contributed by atoms with Crippen LogP contribution in [0.15, 0.2) is 77.7 Å². The second kappa shape index (κ2) is 12.4. The van der Waals surface area contributed by atoms with Gasteiger partial charge in [-0.2, -0.15) is 0 Å². The lowest BCUT2D eigenvalue weighted by atomic mass is 10.1. The third-order valence-electron chi connectivity index (χ3n) is 5.85. The molecule has 3 aromatic rings. The maximum absolute atomic E-state index is 13.8. The number of carbonyl (C=O) groups excluding carboxylic acids is 2. The van der Waals surface area contributed by atoms with E-state index in [0.717, 1.165) is 4.31 Å². The van der Waals surface area contributed by atoms with Gasteiger partial charge in [0.1, 0.15) is 12.6 Å². The van der Waals surface area contributed by atoms with Gasteiger partial charge in [-0.15, -0.1) is 0 Å². The summed E-state index contributed by atoms with van der Waals surface area (Å²) in [6.07, 6.45) is 0. The van der Waals surface area contributed by atoms with Crippen LogP contribution in [0.25, 0.3) is 0 Å². The van der Waals surface area contributed by atoms with E-state index in [0.29, 0.717) is 33.4 Å². The summed E-state index contributed by atoms with van der Waals surface area (Å²) < 4.78 is 28.6. The van der Waals surface area contributed by atoms with Crippen LogP contribution in [0, 0.1) is 6.92 Å². The molecule has 0 saturated heterocycles. The highest BCUT2D eigenvalue weighted by Crippen LogP contribution is 2.28. The number of rotatable bonds is 10. The summed E-state index contributed by atoms with van der Waals surface area (Å²) >= 11 is 12.2. The zero-order valence-corrected chi connectivity index (χ0v) is 23.1. The highest BCUT2D eigenvalue weighted by molar-refractivity contribution is 7.92. The van der Waals surface area contributed by atoms with Crippen molar-refractivity contribution in [3.05, 3.63) is 94.0 Å². The fourth-order valence-electron chi connectivity index (χ4n) is 3.82. The number of nitrogens with zero attached hydrogens (tertiary/aromatic N) is 2. The van der Waals surface area contributed by atoms with Crippen LogP contribution in [0.3, 0.4) is 0 Å². The van der Waals surface area contributed by atoms with Crippen molar-refractivity contribution in [2.75, 3.05) is 17.4 Å². The van der Waals surface area contributed by atoms with Crippen molar-refractivity contribution >= 4 is 50.7 Å². The molecule has 0 bridgehead atoms. The molecule has 0 unspecified atom stereocenters. The Labute approximate surface area is 228 Å². The Balaban J connectivity index is 2.04. The van der Waals surface area contributed by atoms with Crippen molar-refractivity contribution < 1.29 is 18.0 Å². The predicted molar refractivity (Wildman–Crippen MR) is 147 cm³/mol. The van der Waals surface area contributed by atoms with Crippen LogP contribution in [-0.2, 0) is 26.2 Å². The maximum Gasteiger partial charge on any atom is 0.264 e. The van der Waals surface area contributed by atoms with Gasteiger partial charge >= 0.3 is 0 Å². The lowest BCUT2D eigenvalue weighted by Crippen LogP contribution is -2.51. The van der Waals surface area contributed by atoms with E-state index in [9.17, 15) is 18.0 Å². The summed E-state index contributed by atoms with van der Waals surface area (Å²) in [7, 11) is -4.10. The van der Waals surface area contributed by atoms with Gasteiger partial charge in [-0.05, 0) is 62.2 Å². The third-order valence-corrected chi connectivity index (χ3v) is 8.36. The monoisotopic (exact) mass is 561 g/mol. The van der Waals surface area contributed by atoms with E-state index >= 15 is 0 Å². The molecule has 0 saturated carbocycles. The second-order valence-corrected chi connectivity index (χ2v) is 11.1. The number of sulfonamides is 1. The third kappa shape index (κ3) is 6.83. The van der Waals surface area contributed by atoms with Gasteiger partial charge in [0.2, 0.25) is 11.8 Å². The first kappa shape index (κ1) is 28.5. The number of para-hydroxylation sites is 1. The number of anilines is 1. The van der Waals surface area contributed by atoms with Gasteiger partial charge in [-0.1, -0.05) is 65.7 Å². The Morgan fingerprint density at radius 2 is 1.59 bits per heavy atom. The van der Waals surface area contributed by atoms with Gasteiger partial charge in [0.05, 0.1) is 20.6 Å². The van der Waals surface area contributed by atoms with E-state index < -0.39 is 28.5 Å². The molecule has 10 heteroatoms. The first-order valence-corrected chi connectivity index (χ1v) is 13.9. The highest BCUT2D eigenvalue weighted by Gasteiger charge is 2.33. The molecular weight excluding hydrogens is 533 g/mol. The number of nitrogens with one attached hydrogen (secondary N) is 1. The van der Waals surface area contributed by atoms with Crippen LogP contribution >= 0.6 is 23.2 Å². The smallest absolute Gasteiger partial charge is 0.264 e. The molecule has 3 aromatic carbocycles. The average molecular weight is 563 g/mol. The average Bonchev–Trinajstić information content (AvgIpc) is 2.88. The van der Waals surface area contributed by atoms with Crippen LogP contribution in [0.1, 0.15) is 25.0 Å². The quantitative estimate of drug-likeness (QED) is 0.375. The van der Waals surface area contributed by atoms with Gasteiger partial charge in [0, 0.05) is 13.1 Å². The number of amides is 2. The fourth-order valence-corrected chi connectivity index (χ4v) is 5.64. The van der Waals surface area contributed by atoms with Crippen LogP contribution in [0.5, 0.6) is 0 Å². The van der Waals surface area contributed by atoms with E-state index in [4.69, 9.17) is 23.2 Å². The van der Waals surface area contributed by atoms with Crippen molar-refractivity contribution in [2.24, 2.45) is 0 Å². The normalized spacial score (nSPS) is 12.0. The SMILES string of the molecule is CCNC(=O)[C@@H](C)N(Cc1ccc(Cl)c(Cl)c1)C(=O)CN(c1ccccc1C)S(=O)(=O)c1ccccc1. The number of carbonyl (C=O) groups is 2. The molecule has 1 N–H and O–H groups in total. The number of hydrogen-bond acceptors (Lipinski definition) is 4. The van der Waals surface area contributed by atoms with E-state index in [1.54, 1.807) is 81.4 Å². The molecule has 0 heterocycles. The van der Waals surface area contributed by atoms with Crippen molar-refractivity contribution in [2.45, 2.75) is 38.3 Å². The first-order valence-electron chi connectivity index (χ1n) is 11.7. The van der Waals surface area contributed by atoms with Crippen molar-refractivity contribution in [1.82, 2.24) is 10.2 Å². The Morgan fingerprint density at radius 3 is 2.22 bits per heavy atom. The molecule has 1 atom stereocenters. The van der Waals surface area contributed by atoms with Crippen LogP contribution < -0.4 is 9.62 Å². The summed E-state index contributed by atoms with van der Waals surface area (Å²) in [5.41, 5.74) is 1.70. The first-order chi connectivity index (χ1) is 17.6. The van der Waals surface area contributed by atoms with Gasteiger partial charge < -0.3 is 10.2 Å². The molecule has 3 rings (SSSR count). The molecule has 0 aliphatic carbocycles. The number of halogens is 2. The van der Waals surface area contributed by atoms with Crippen LogP contribution in [0.4, 0.5) is 5.69 Å². The van der Waals surface area contributed by atoms with Crippen molar-refractivity contribution in [3.8, 4) is 0 Å². The van der Waals surface area contributed by atoms with E-state index in [-0.39, 0.29) is 17.3 Å². The van der Waals surface area contributed by atoms with Crippen molar-refractivity contribution in [1.29, 1.82) is 0 Å². The summed E-state index contributed by atoms with van der Waals surface area (Å²) in [5.74, 6) is -0.906. The molecule has 0 aliphatic heterocycles. The molecule has 2 amide bonds. The van der Waals surface area contributed by atoms with Crippen LogP contribution in [-0.4, -0.2) is 44.3 Å². The molecule has 7 nitrogen and oxygen atoms in total. The maximum atomic E-state index is 13.8. The fraction of sp³-hybridized carbons (Fsp3) is 0.259. The zero-order valence-electron chi connectivity index (χ0n) is 20.8. The molecule has 0 aliphatic rings. The minimum Gasteiger partial charge on any atom is -0.355 e. The number of benzene rings is 3. The summed E-state index contributed by atoms with van der Waals surface area (Å²) in [5, 5.41) is 3.40. The molecule has 37 heavy (non-hydrogen) atoms. The minimum atomic E-state index is -4.10. The standard InChI is InChI=1S/C27H29Cl2N3O4S/c1-4-30-27(34)20(3)31(17-21-14-15-23(28)24(29)16-21)26(33)18-32(25-13-9-8-10-19(25)2)37(35,36)22-11-6-5-7-12-22/h5-16,20H,4,17-18H2,1-3H3,(H,30,34)/t20-/m1/s1. The Morgan fingerprint density at radius 1 is 0.946 bits per heavy atom. The molecule has 0 fully saturated rings. The van der Waals surface area contributed by atoms with Crippen LogP contribution in [0.2, 0.25) is 10.0 Å². The summed E-state index contributed by atoms with van der Waals surface area (Å²) in [6, 6.07) is 18.9. The number of likely N-dealkylation sites (N-methyl/N-ethyl adjacent to an activating group) is 1. The topological polar surface area (TPSA) is 86.8 Å². The Bertz CT molecular complexity index is 1370. The largest absolute Gasteiger partial charge is 0.355 e. The molecule has 0 spiro atoms. The van der Waals surface area contributed by atoms with E-state index in [2.05, 4.69) is 5.32 Å². The summed E-state index contributed by atoms with van der Waals surface area (Å²) in [6.45, 7) is 5.06. The van der Waals surface area contributed by atoms with E-state index in [1.165, 1.54) is 17.0 Å².